The van der Waals surface area contributed by atoms with Crippen molar-refractivity contribution in [3.63, 3.8) is 0 Å². The monoisotopic (exact) mass is 218 g/mol. The lowest BCUT2D eigenvalue weighted by Gasteiger charge is -2.29. The van der Waals surface area contributed by atoms with E-state index in [-0.39, 0.29) is 0 Å². The second-order valence-electron chi connectivity index (χ2n) is 4.64. The van der Waals surface area contributed by atoms with E-state index in [0.29, 0.717) is 12.1 Å². The molecule has 16 heavy (non-hydrogen) atoms. The maximum absolute atomic E-state index is 6.00. The minimum Gasteiger partial charge on any atom is -0.489 e. The van der Waals surface area contributed by atoms with Crippen LogP contribution in [0.2, 0.25) is 0 Å². The molecule has 3 rings (SSSR count). The van der Waals surface area contributed by atoms with Crippen molar-refractivity contribution in [1.82, 2.24) is 10.2 Å². The number of fused-ring (bicyclic) bond motifs is 1. The minimum atomic E-state index is 0.368. The van der Waals surface area contributed by atoms with E-state index < -0.39 is 0 Å². The number of rotatable bonds is 2. The zero-order valence-corrected chi connectivity index (χ0v) is 9.43. The van der Waals surface area contributed by atoms with E-state index in [9.17, 15) is 0 Å². The molecule has 0 amide bonds. The Kier molecular flexibility index (Phi) is 2.80. The summed E-state index contributed by atoms with van der Waals surface area (Å²) in [6.45, 7) is 4.49. The van der Waals surface area contributed by atoms with Gasteiger partial charge in [-0.15, -0.1) is 0 Å². The summed E-state index contributed by atoms with van der Waals surface area (Å²) < 4.78 is 6.00. The highest BCUT2D eigenvalue weighted by Crippen LogP contribution is 2.23. The Labute approximate surface area is 96.4 Å². The van der Waals surface area contributed by atoms with Crippen molar-refractivity contribution in [2.45, 2.75) is 18.6 Å². The summed E-state index contributed by atoms with van der Waals surface area (Å²) in [7, 11) is 0. The Bertz CT molecular complexity index is 327. The highest BCUT2D eigenvalue weighted by molar-refractivity contribution is 5.21. The Morgan fingerprint density at radius 2 is 2.12 bits per heavy atom. The van der Waals surface area contributed by atoms with Gasteiger partial charge in [0.05, 0.1) is 0 Å². The summed E-state index contributed by atoms with van der Waals surface area (Å²) in [5.41, 5.74) is 0. The molecule has 86 valence electrons. The SMILES string of the molecule is c1ccc(OC2CC3CNCCN3C2)cc1. The highest BCUT2D eigenvalue weighted by atomic mass is 16.5. The molecule has 0 radical (unpaired) electrons. The van der Waals surface area contributed by atoms with E-state index >= 15 is 0 Å². The predicted octanol–water partition coefficient (Wildman–Crippen LogP) is 1.11. The van der Waals surface area contributed by atoms with Gasteiger partial charge in [0.15, 0.2) is 0 Å². The Morgan fingerprint density at radius 1 is 1.25 bits per heavy atom. The molecule has 1 aromatic carbocycles. The van der Waals surface area contributed by atoms with Crippen LogP contribution < -0.4 is 10.1 Å². The van der Waals surface area contributed by atoms with Crippen molar-refractivity contribution in [2.24, 2.45) is 0 Å². The van der Waals surface area contributed by atoms with Gasteiger partial charge in [0.1, 0.15) is 11.9 Å². The van der Waals surface area contributed by atoms with Crippen LogP contribution in [0.3, 0.4) is 0 Å². The second kappa shape index (κ2) is 4.44. The Morgan fingerprint density at radius 3 is 2.94 bits per heavy atom. The fraction of sp³-hybridized carbons (Fsp3) is 0.538. The van der Waals surface area contributed by atoms with Crippen molar-refractivity contribution in [2.75, 3.05) is 26.2 Å². The number of benzene rings is 1. The number of hydrogen-bond donors (Lipinski definition) is 1. The molecule has 0 spiro atoms. The van der Waals surface area contributed by atoms with Crippen LogP contribution in [0.4, 0.5) is 0 Å². The van der Waals surface area contributed by atoms with Gasteiger partial charge in [-0.3, -0.25) is 4.90 Å². The van der Waals surface area contributed by atoms with Gasteiger partial charge in [0.25, 0.3) is 0 Å². The third-order valence-corrected chi connectivity index (χ3v) is 3.49. The van der Waals surface area contributed by atoms with Crippen molar-refractivity contribution >= 4 is 0 Å². The van der Waals surface area contributed by atoms with Gasteiger partial charge in [0.2, 0.25) is 0 Å². The zero-order valence-electron chi connectivity index (χ0n) is 9.43. The predicted molar refractivity (Wildman–Crippen MR) is 63.7 cm³/mol. The summed E-state index contributed by atoms with van der Waals surface area (Å²) in [5, 5.41) is 3.44. The fourth-order valence-electron chi connectivity index (χ4n) is 2.69. The molecule has 3 heteroatoms. The molecule has 0 saturated carbocycles. The lowest BCUT2D eigenvalue weighted by Crippen LogP contribution is -2.47. The van der Waals surface area contributed by atoms with Crippen molar-refractivity contribution in [3.05, 3.63) is 30.3 Å². The van der Waals surface area contributed by atoms with E-state index in [4.69, 9.17) is 4.74 Å². The van der Waals surface area contributed by atoms with Crippen LogP contribution in [0.15, 0.2) is 30.3 Å². The van der Waals surface area contributed by atoms with Crippen LogP contribution in [0.5, 0.6) is 5.75 Å². The Balaban J connectivity index is 1.61. The van der Waals surface area contributed by atoms with Crippen LogP contribution in [-0.4, -0.2) is 43.2 Å². The molecule has 0 aliphatic carbocycles. The average Bonchev–Trinajstić information content (AvgIpc) is 2.72. The molecule has 1 aromatic rings. The van der Waals surface area contributed by atoms with Gasteiger partial charge in [-0.05, 0) is 12.1 Å². The van der Waals surface area contributed by atoms with E-state index in [1.54, 1.807) is 0 Å². The number of piperazine rings is 1. The first kappa shape index (κ1) is 10.1. The van der Waals surface area contributed by atoms with Crippen LogP contribution >= 0.6 is 0 Å². The van der Waals surface area contributed by atoms with Gasteiger partial charge in [0, 0.05) is 38.6 Å². The average molecular weight is 218 g/mol. The first-order valence-corrected chi connectivity index (χ1v) is 6.08. The number of nitrogens with zero attached hydrogens (tertiary/aromatic N) is 1. The maximum Gasteiger partial charge on any atom is 0.119 e. The standard InChI is InChI=1S/C13H18N2O/c1-2-4-12(5-3-1)16-13-8-11-9-14-6-7-15(11)10-13/h1-5,11,13-14H,6-10H2. The summed E-state index contributed by atoms with van der Waals surface area (Å²) in [6.07, 6.45) is 1.52. The molecular weight excluding hydrogens is 200 g/mol. The normalized spacial score (nSPS) is 30.0. The van der Waals surface area contributed by atoms with Crippen LogP contribution in [0, 0.1) is 0 Å². The number of nitrogens with one attached hydrogen (secondary N) is 1. The Hall–Kier alpha value is -1.06. The first-order valence-electron chi connectivity index (χ1n) is 6.08. The van der Waals surface area contributed by atoms with Crippen LogP contribution in [-0.2, 0) is 0 Å². The van der Waals surface area contributed by atoms with Gasteiger partial charge in [-0.2, -0.15) is 0 Å². The molecule has 2 heterocycles. The minimum absolute atomic E-state index is 0.368. The summed E-state index contributed by atoms with van der Waals surface area (Å²) in [5.74, 6) is 1.00. The van der Waals surface area contributed by atoms with Crippen molar-refractivity contribution < 1.29 is 4.74 Å². The molecule has 2 aliphatic rings. The van der Waals surface area contributed by atoms with Crippen molar-refractivity contribution in [1.29, 1.82) is 0 Å². The van der Waals surface area contributed by atoms with Crippen molar-refractivity contribution in [3.8, 4) is 5.75 Å². The summed E-state index contributed by atoms with van der Waals surface area (Å²) >= 11 is 0. The van der Waals surface area contributed by atoms with E-state index in [1.807, 2.05) is 30.3 Å². The second-order valence-corrected chi connectivity index (χ2v) is 4.64. The van der Waals surface area contributed by atoms with E-state index in [2.05, 4.69) is 10.2 Å². The van der Waals surface area contributed by atoms with Gasteiger partial charge in [-0.1, -0.05) is 18.2 Å². The number of para-hydroxylation sites is 1. The smallest absolute Gasteiger partial charge is 0.119 e. The quantitative estimate of drug-likeness (QED) is 0.805. The van der Waals surface area contributed by atoms with Crippen LogP contribution in [0.1, 0.15) is 6.42 Å². The first-order chi connectivity index (χ1) is 7.92. The molecule has 2 saturated heterocycles. The van der Waals surface area contributed by atoms with Crippen LogP contribution in [0.25, 0.3) is 0 Å². The third-order valence-electron chi connectivity index (χ3n) is 3.49. The zero-order chi connectivity index (χ0) is 10.8. The lowest BCUT2D eigenvalue weighted by molar-refractivity contribution is 0.186. The van der Waals surface area contributed by atoms with Gasteiger partial charge >= 0.3 is 0 Å². The number of ether oxygens (including phenoxy) is 1. The topological polar surface area (TPSA) is 24.5 Å². The lowest BCUT2D eigenvalue weighted by atomic mass is 10.2. The van der Waals surface area contributed by atoms with Gasteiger partial charge in [-0.25, -0.2) is 0 Å². The molecule has 1 N–H and O–H groups in total. The number of hydrogen-bond acceptors (Lipinski definition) is 3. The van der Waals surface area contributed by atoms with E-state index in [0.717, 1.165) is 31.8 Å². The third kappa shape index (κ3) is 2.06. The van der Waals surface area contributed by atoms with Gasteiger partial charge < -0.3 is 10.1 Å². The summed E-state index contributed by atoms with van der Waals surface area (Å²) in [4.78, 5) is 2.55. The molecular formula is C13H18N2O. The maximum atomic E-state index is 6.00. The molecule has 2 aliphatic heterocycles. The molecule has 2 fully saturated rings. The fourth-order valence-corrected chi connectivity index (χ4v) is 2.69. The highest BCUT2D eigenvalue weighted by Gasteiger charge is 2.34. The van der Waals surface area contributed by atoms with E-state index in [1.165, 1.54) is 6.54 Å². The molecule has 3 nitrogen and oxygen atoms in total. The molecule has 2 unspecified atom stereocenters. The molecule has 0 bridgehead atoms. The molecule has 2 atom stereocenters. The largest absolute Gasteiger partial charge is 0.489 e. The summed E-state index contributed by atoms with van der Waals surface area (Å²) in [6, 6.07) is 10.8. The molecule has 0 aromatic heterocycles.